The van der Waals surface area contributed by atoms with Crippen molar-refractivity contribution < 1.29 is 26.9 Å². The Labute approximate surface area is 332 Å². The molecule has 18 heteroatoms. The van der Waals surface area contributed by atoms with Crippen molar-refractivity contribution >= 4 is 57.5 Å². The van der Waals surface area contributed by atoms with E-state index >= 15 is 0 Å². The number of methoxy groups -OCH3 is 2. The molecular weight excluding hydrogens is 720 g/mol. The van der Waals surface area contributed by atoms with Gasteiger partial charge in [-0.3, -0.25) is 4.79 Å². The number of halogens is 1. The molecule has 2 atom stereocenters. The van der Waals surface area contributed by atoms with Crippen LogP contribution in [0.5, 0.6) is 11.8 Å². The number of ether oxygens (including phenoxy) is 2. The van der Waals surface area contributed by atoms with Crippen LogP contribution in [-0.2, 0) is 0 Å². The monoisotopic (exact) mass is 772 g/mol. The van der Waals surface area contributed by atoms with Crippen molar-refractivity contribution in [1.82, 2.24) is 49.8 Å². The second-order valence-corrected chi connectivity index (χ2v) is 13.1. The summed E-state index contributed by atoms with van der Waals surface area (Å²) in [5, 5.41) is 26.8. The Morgan fingerprint density at radius 1 is 0.821 bits per heavy atom. The zero-order valence-electron chi connectivity index (χ0n) is 36.4. The maximum Gasteiger partial charge on any atom is 0.256 e. The van der Waals surface area contributed by atoms with Crippen LogP contribution in [0.25, 0.3) is 17.0 Å². The fourth-order valence-corrected chi connectivity index (χ4v) is 5.62. The summed E-state index contributed by atoms with van der Waals surface area (Å²) < 4.78 is 70.6. The fourth-order valence-electron chi connectivity index (χ4n) is 5.62. The van der Waals surface area contributed by atoms with Gasteiger partial charge >= 0.3 is 0 Å². The van der Waals surface area contributed by atoms with Crippen LogP contribution in [-0.4, -0.2) is 91.5 Å². The lowest BCUT2D eigenvalue weighted by Crippen LogP contribution is -2.25. The lowest BCUT2D eigenvalue weighted by Gasteiger charge is -2.13. The van der Waals surface area contributed by atoms with E-state index in [0.29, 0.717) is 69.2 Å². The standard InChI is InChI=1S/C19H22FN7O.C18H21N7O2.CH4/c1-10-5-15(19(28-4)22-8-10)25-16-7-17(21-3)27-18(26-16)12(9-23-27)11(2)24-14-6-13(14)20;1-10-6-13(18(27-3)20-8-10)23-14-7-15(19-2)25-16(24-14)12(9-21-25)17(26)22-11-4-5-11;/h5,7-9,13-14,21,24H,2,6H2,1,3-4H3,(H,25,26);6-9,11,19H,4-5H2,1-3H3,(H,22,26)(H,23,24);1H4/t13-,14+;;/m1../s1/i4D3;3D3;. The summed E-state index contributed by atoms with van der Waals surface area (Å²) in [7, 11) is -1.83. The fraction of sp³-hybridized carbons (Fsp3) is 0.342. The van der Waals surface area contributed by atoms with Crippen LogP contribution in [0.15, 0.2) is 55.6 Å². The highest BCUT2D eigenvalue weighted by molar-refractivity contribution is 6.00. The molecule has 0 saturated heterocycles. The van der Waals surface area contributed by atoms with Crippen LogP contribution in [0, 0.1) is 13.8 Å². The molecule has 6 aromatic rings. The first kappa shape index (κ1) is 31.6. The predicted octanol–water partition coefficient (Wildman–Crippen LogP) is 5.65. The van der Waals surface area contributed by atoms with Gasteiger partial charge in [0.05, 0.1) is 46.3 Å². The number of anilines is 6. The van der Waals surface area contributed by atoms with Crippen LogP contribution in [0.2, 0.25) is 0 Å². The van der Waals surface area contributed by atoms with E-state index in [1.165, 1.54) is 23.1 Å². The minimum atomic E-state index is -2.65. The van der Waals surface area contributed by atoms with Crippen LogP contribution in [0.1, 0.15) is 62.0 Å². The largest absolute Gasteiger partial charge is 0.480 e. The van der Waals surface area contributed by atoms with Gasteiger partial charge in [-0.05, 0) is 49.9 Å². The van der Waals surface area contributed by atoms with Gasteiger partial charge in [0.15, 0.2) is 11.3 Å². The highest BCUT2D eigenvalue weighted by Crippen LogP contribution is 2.32. The predicted molar refractivity (Wildman–Crippen MR) is 215 cm³/mol. The van der Waals surface area contributed by atoms with Gasteiger partial charge in [-0.25, -0.2) is 24.3 Å². The number of rotatable bonds is 13. The molecule has 0 aromatic carbocycles. The summed E-state index contributed by atoms with van der Waals surface area (Å²) in [5.74, 6) is 1.61. The number of pyridine rings is 2. The Morgan fingerprint density at radius 2 is 1.32 bits per heavy atom. The molecule has 1 amide bonds. The van der Waals surface area contributed by atoms with Crippen molar-refractivity contribution in [3.05, 3.63) is 77.9 Å². The molecular formula is C38H47FN14O3. The number of carbonyl (C=O) groups is 1. The quantitative estimate of drug-likeness (QED) is 0.0843. The molecule has 0 radical (unpaired) electrons. The number of amides is 1. The maximum absolute atomic E-state index is 13.3. The maximum atomic E-state index is 13.3. The zero-order chi connectivity index (χ0) is 43.8. The number of aromatic nitrogens is 8. The van der Waals surface area contributed by atoms with Crippen molar-refractivity contribution in [2.45, 2.75) is 58.8 Å². The van der Waals surface area contributed by atoms with Gasteiger partial charge in [-0.1, -0.05) is 14.0 Å². The summed E-state index contributed by atoms with van der Waals surface area (Å²) in [6, 6.07) is 6.77. The van der Waals surface area contributed by atoms with Gasteiger partial charge in [-0.2, -0.15) is 19.2 Å². The Morgan fingerprint density at radius 3 is 1.79 bits per heavy atom. The van der Waals surface area contributed by atoms with E-state index in [1.807, 2.05) is 13.8 Å². The molecule has 56 heavy (non-hydrogen) atoms. The summed E-state index contributed by atoms with van der Waals surface area (Å²) in [6.07, 6.45) is 7.63. The van der Waals surface area contributed by atoms with E-state index < -0.39 is 20.2 Å². The molecule has 0 bridgehead atoms. The van der Waals surface area contributed by atoms with Gasteiger partial charge in [0, 0.05) is 56.8 Å². The molecule has 2 aliphatic carbocycles. The molecule has 8 rings (SSSR count). The minimum Gasteiger partial charge on any atom is -0.480 e. The summed E-state index contributed by atoms with van der Waals surface area (Å²) in [4.78, 5) is 29.8. The molecule has 6 heterocycles. The average Bonchev–Trinajstić information content (AvgIpc) is 4.03. The lowest BCUT2D eigenvalue weighted by atomic mass is 10.2. The second kappa shape index (κ2) is 16.3. The molecule has 6 aromatic heterocycles. The third-order valence-corrected chi connectivity index (χ3v) is 8.70. The van der Waals surface area contributed by atoms with E-state index in [1.54, 1.807) is 49.1 Å². The first-order valence-electron chi connectivity index (χ1n) is 20.3. The van der Waals surface area contributed by atoms with Crippen LogP contribution in [0.4, 0.5) is 39.0 Å². The number of aryl methyl sites for hydroxylation is 2. The van der Waals surface area contributed by atoms with Crippen LogP contribution < -0.4 is 41.4 Å². The number of hydrogen-bond donors (Lipinski definition) is 6. The second-order valence-electron chi connectivity index (χ2n) is 13.1. The third-order valence-electron chi connectivity index (χ3n) is 8.70. The van der Waals surface area contributed by atoms with Gasteiger partial charge in [-0.15, -0.1) is 0 Å². The van der Waals surface area contributed by atoms with Crippen molar-refractivity contribution in [2.24, 2.45) is 0 Å². The number of nitrogens with one attached hydrogen (secondary N) is 6. The van der Waals surface area contributed by atoms with E-state index in [4.69, 9.17) is 17.7 Å². The molecule has 0 unspecified atom stereocenters. The Hall–Kier alpha value is -6.72. The van der Waals surface area contributed by atoms with E-state index in [9.17, 15) is 9.18 Å². The van der Waals surface area contributed by atoms with Crippen molar-refractivity contribution in [3.63, 3.8) is 0 Å². The molecule has 0 spiro atoms. The van der Waals surface area contributed by atoms with E-state index in [-0.39, 0.29) is 37.2 Å². The van der Waals surface area contributed by atoms with E-state index in [2.05, 4.69) is 68.6 Å². The lowest BCUT2D eigenvalue weighted by molar-refractivity contribution is 0.0952. The first-order chi connectivity index (χ1) is 28.9. The van der Waals surface area contributed by atoms with E-state index in [0.717, 1.165) is 24.0 Å². The highest BCUT2D eigenvalue weighted by Gasteiger charge is 2.38. The summed E-state index contributed by atoms with van der Waals surface area (Å²) >= 11 is 0. The topological polar surface area (TPSA) is 194 Å². The van der Waals surface area contributed by atoms with Crippen LogP contribution in [0.3, 0.4) is 0 Å². The Kier molecular flexibility index (Phi) is 9.22. The molecule has 0 aliphatic heterocycles. The van der Waals surface area contributed by atoms with Gasteiger partial charge < -0.3 is 41.4 Å². The average molecular weight is 773 g/mol. The molecule has 2 saturated carbocycles. The van der Waals surface area contributed by atoms with Gasteiger partial charge in [0.25, 0.3) is 5.91 Å². The molecule has 2 aliphatic rings. The van der Waals surface area contributed by atoms with Crippen molar-refractivity contribution in [3.8, 4) is 11.8 Å². The third kappa shape index (κ3) is 8.33. The molecule has 2 fully saturated rings. The Balaban J connectivity index is 0.000000204. The SMILES string of the molecule is C.[2H]C([2H])([2H])Oc1ncc(C)cc1Nc1cc(NC)n2ncc(C(=C)N[C@H]3C[C@H]3F)c2n1.[2H]C([2H])([2H])Oc1ncc(C)cc1Nc1cc(NC)n2ncc(C(=O)NC3CC3)c2n1. The molecule has 17 nitrogen and oxygen atoms in total. The number of carbonyl (C=O) groups excluding carboxylic acids is 1. The Bertz CT molecular complexity index is 2610. The van der Waals surface area contributed by atoms with Crippen molar-refractivity contribution in [2.75, 3.05) is 49.4 Å². The number of alkyl halides is 1. The van der Waals surface area contributed by atoms with Crippen LogP contribution >= 0.6 is 0 Å². The first-order valence-corrected chi connectivity index (χ1v) is 17.3. The number of fused-ring (bicyclic) bond motifs is 2. The minimum absolute atomic E-state index is 0. The number of nitrogens with zero attached hydrogens (tertiary/aromatic N) is 8. The number of hydrogen-bond acceptors (Lipinski definition) is 14. The smallest absolute Gasteiger partial charge is 0.256 e. The zero-order valence-corrected chi connectivity index (χ0v) is 30.4. The molecule has 294 valence electrons. The highest BCUT2D eigenvalue weighted by atomic mass is 19.1. The normalized spacial score (nSPS) is 17.5. The van der Waals surface area contributed by atoms with Gasteiger partial charge in [0.2, 0.25) is 11.8 Å². The summed E-state index contributed by atoms with van der Waals surface area (Å²) in [6.45, 7) is 7.64. The summed E-state index contributed by atoms with van der Waals surface area (Å²) in [5.41, 5.74) is 4.66. The van der Waals surface area contributed by atoms with Gasteiger partial charge in [0.1, 0.15) is 46.4 Å². The van der Waals surface area contributed by atoms with Crippen molar-refractivity contribution in [1.29, 1.82) is 0 Å². The molecule has 6 N–H and O–H groups in total.